The third-order valence-electron chi connectivity index (χ3n) is 10.0. The maximum absolute atomic E-state index is 15.0. The van der Waals surface area contributed by atoms with Crippen LogP contribution in [0.2, 0.25) is 10.0 Å². The van der Waals surface area contributed by atoms with Crippen molar-refractivity contribution >= 4 is 62.6 Å². The highest BCUT2D eigenvalue weighted by atomic mass is 35.5. The summed E-state index contributed by atoms with van der Waals surface area (Å²) in [6.07, 6.45) is 1.24. The molecule has 3 aromatic carbocycles. The maximum atomic E-state index is 15.0. The van der Waals surface area contributed by atoms with E-state index >= 15 is 4.79 Å². The second-order valence-corrected chi connectivity index (χ2v) is 14.2. The Morgan fingerprint density at radius 2 is 1.74 bits per heavy atom. The van der Waals surface area contributed by atoms with Crippen molar-refractivity contribution in [1.82, 2.24) is 19.3 Å². The van der Waals surface area contributed by atoms with Gasteiger partial charge < -0.3 is 24.3 Å². The van der Waals surface area contributed by atoms with Gasteiger partial charge in [0, 0.05) is 52.3 Å². The SMILES string of the molecule is Cc1cc(OCCCc2c3n(c4c(-c5c(C)nn(C)c5C)c(Cl)ccc24)C(C)CN(c2c(C)ccc4cc(C(=O)O)[nH]c24)C3=O)cc(C)c1Cl. The van der Waals surface area contributed by atoms with Gasteiger partial charge in [-0.15, -0.1) is 0 Å². The average Bonchev–Trinajstić information content (AvgIpc) is 3.72. The van der Waals surface area contributed by atoms with Gasteiger partial charge in [-0.25, -0.2) is 4.79 Å². The molecule has 1 aliphatic heterocycles. The number of rotatable bonds is 8. The van der Waals surface area contributed by atoms with E-state index in [9.17, 15) is 9.90 Å². The Kier molecular flexibility index (Phi) is 8.47. The highest BCUT2D eigenvalue weighted by Gasteiger charge is 2.38. The van der Waals surface area contributed by atoms with Crippen molar-refractivity contribution in [3.8, 4) is 16.9 Å². The van der Waals surface area contributed by atoms with Crippen LogP contribution in [-0.2, 0) is 13.5 Å². The van der Waals surface area contributed by atoms with Gasteiger partial charge in [0.1, 0.15) is 17.1 Å². The molecule has 6 aromatic rings. The number of hydrogen-bond acceptors (Lipinski definition) is 4. The van der Waals surface area contributed by atoms with E-state index in [1.165, 1.54) is 0 Å². The predicted octanol–water partition coefficient (Wildman–Crippen LogP) is 9.30. The number of aromatic nitrogens is 4. The molecule has 0 saturated carbocycles. The molecule has 1 amide bonds. The van der Waals surface area contributed by atoms with Crippen LogP contribution in [-0.4, -0.2) is 49.5 Å². The number of nitrogens with zero attached hydrogens (tertiary/aromatic N) is 4. The first-order valence-electron chi connectivity index (χ1n) is 16.7. The Hall–Kier alpha value is -4.73. The summed E-state index contributed by atoms with van der Waals surface area (Å²) in [7, 11) is 1.92. The standard InChI is InChI=1S/C39H39Cl2N5O4/c1-19-10-11-25-17-30(39(48)49)42-34(25)35(19)45-18-22(4)46-36-28(12-13-29(40)32(36)31-23(5)43-44(7)24(31)6)27(37(46)38(45)47)9-8-14-50-26-15-20(2)33(41)21(3)16-26/h10-13,15-17,22,42H,8-9,14,18H2,1-7H3,(H,48,49). The van der Waals surface area contributed by atoms with Gasteiger partial charge in [0.25, 0.3) is 5.91 Å². The van der Waals surface area contributed by atoms with Crippen LogP contribution < -0.4 is 9.64 Å². The zero-order valence-corrected chi connectivity index (χ0v) is 30.7. The smallest absolute Gasteiger partial charge is 0.352 e. The molecule has 0 fully saturated rings. The molecule has 0 saturated heterocycles. The molecular formula is C39H39Cl2N5O4. The lowest BCUT2D eigenvalue weighted by Crippen LogP contribution is -2.43. The van der Waals surface area contributed by atoms with E-state index in [4.69, 9.17) is 33.0 Å². The molecule has 50 heavy (non-hydrogen) atoms. The van der Waals surface area contributed by atoms with Gasteiger partial charge in [0.05, 0.1) is 34.0 Å². The summed E-state index contributed by atoms with van der Waals surface area (Å²) in [6, 6.07) is 13.1. The van der Waals surface area contributed by atoms with Crippen LogP contribution in [0.15, 0.2) is 42.5 Å². The number of carbonyl (C=O) groups is 2. The normalized spacial score (nSPS) is 14.6. The number of halogens is 2. The summed E-state index contributed by atoms with van der Waals surface area (Å²) in [5.41, 5.74) is 10.3. The van der Waals surface area contributed by atoms with E-state index in [1.54, 1.807) is 11.0 Å². The fourth-order valence-electron chi connectivity index (χ4n) is 7.67. The molecule has 1 unspecified atom stereocenters. The molecule has 0 spiro atoms. The van der Waals surface area contributed by atoms with Crippen LogP contribution in [0.4, 0.5) is 5.69 Å². The van der Waals surface area contributed by atoms with Gasteiger partial charge in [0.2, 0.25) is 0 Å². The lowest BCUT2D eigenvalue weighted by Gasteiger charge is -2.35. The molecule has 4 heterocycles. The van der Waals surface area contributed by atoms with Gasteiger partial charge in [-0.2, -0.15) is 5.10 Å². The van der Waals surface area contributed by atoms with E-state index in [1.807, 2.05) is 82.7 Å². The largest absolute Gasteiger partial charge is 0.494 e. The monoisotopic (exact) mass is 711 g/mol. The number of carboxylic acids is 1. The van der Waals surface area contributed by atoms with Crippen molar-refractivity contribution in [3.05, 3.63) is 97.5 Å². The number of aromatic amines is 1. The molecule has 7 rings (SSSR count). The van der Waals surface area contributed by atoms with Crippen LogP contribution in [0.3, 0.4) is 0 Å². The zero-order valence-electron chi connectivity index (χ0n) is 29.2. The first-order chi connectivity index (χ1) is 23.8. The summed E-state index contributed by atoms with van der Waals surface area (Å²) in [4.78, 5) is 31.8. The Balaban J connectivity index is 1.39. The fraction of sp³-hybridized carbons (Fsp3) is 0.308. The number of hydrogen-bond donors (Lipinski definition) is 2. The van der Waals surface area contributed by atoms with Crippen molar-refractivity contribution in [1.29, 1.82) is 0 Å². The number of carboxylic acid groups (broad SMARTS) is 1. The third kappa shape index (κ3) is 5.34. The van der Waals surface area contributed by atoms with E-state index in [0.717, 1.165) is 71.8 Å². The fourth-order valence-corrected chi connectivity index (χ4v) is 8.03. The minimum absolute atomic E-state index is 0.0757. The van der Waals surface area contributed by atoms with Gasteiger partial charge >= 0.3 is 5.97 Å². The first kappa shape index (κ1) is 33.8. The lowest BCUT2D eigenvalue weighted by atomic mass is 9.98. The molecular weight excluding hydrogens is 673 g/mol. The number of fused-ring (bicyclic) bond motifs is 4. The molecule has 11 heteroatoms. The number of aryl methyl sites for hydroxylation is 6. The summed E-state index contributed by atoms with van der Waals surface area (Å²) in [6.45, 7) is 12.8. The van der Waals surface area contributed by atoms with Crippen LogP contribution in [0.1, 0.15) is 74.0 Å². The number of ether oxygens (including phenoxy) is 1. The number of amides is 1. The molecule has 3 aromatic heterocycles. The number of H-pyrrole nitrogens is 1. The quantitative estimate of drug-likeness (QED) is 0.153. The Morgan fingerprint density at radius 3 is 2.40 bits per heavy atom. The van der Waals surface area contributed by atoms with Crippen molar-refractivity contribution in [2.24, 2.45) is 7.05 Å². The van der Waals surface area contributed by atoms with Crippen molar-refractivity contribution in [2.75, 3.05) is 18.1 Å². The summed E-state index contributed by atoms with van der Waals surface area (Å²) >= 11 is 13.5. The van der Waals surface area contributed by atoms with Gasteiger partial charge in [-0.05, 0) is 101 Å². The number of carbonyl (C=O) groups excluding carboxylic acids is 1. The van der Waals surface area contributed by atoms with Crippen molar-refractivity contribution < 1.29 is 19.4 Å². The minimum Gasteiger partial charge on any atom is -0.494 e. The second-order valence-electron chi connectivity index (χ2n) is 13.5. The van der Waals surface area contributed by atoms with Gasteiger partial charge in [-0.3, -0.25) is 9.48 Å². The molecule has 0 bridgehead atoms. The van der Waals surface area contributed by atoms with E-state index in [2.05, 4.69) is 16.5 Å². The van der Waals surface area contributed by atoms with Gasteiger partial charge in [0.15, 0.2) is 0 Å². The molecule has 2 N–H and O–H groups in total. The van der Waals surface area contributed by atoms with Crippen molar-refractivity contribution in [2.45, 2.75) is 60.4 Å². The number of benzene rings is 3. The first-order valence-corrected chi connectivity index (χ1v) is 17.5. The van der Waals surface area contributed by atoms with Crippen LogP contribution in [0.5, 0.6) is 5.75 Å². The van der Waals surface area contributed by atoms with Crippen LogP contribution >= 0.6 is 23.2 Å². The predicted molar refractivity (Wildman–Crippen MR) is 200 cm³/mol. The van der Waals surface area contributed by atoms with Crippen LogP contribution in [0, 0.1) is 34.6 Å². The molecule has 1 aliphatic rings. The van der Waals surface area contributed by atoms with Gasteiger partial charge in [-0.1, -0.05) is 41.4 Å². The number of anilines is 1. The zero-order chi connectivity index (χ0) is 35.8. The lowest BCUT2D eigenvalue weighted by molar-refractivity contribution is 0.0691. The van der Waals surface area contributed by atoms with Crippen molar-refractivity contribution in [3.63, 3.8) is 0 Å². The molecule has 1 atom stereocenters. The summed E-state index contributed by atoms with van der Waals surface area (Å²) in [5, 5.41) is 17.5. The number of aromatic carboxylic acids is 1. The van der Waals surface area contributed by atoms with E-state index in [-0.39, 0.29) is 17.6 Å². The minimum atomic E-state index is -1.05. The highest BCUT2D eigenvalue weighted by molar-refractivity contribution is 6.35. The summed E-state index contributed by atoms with van der Waals surface area (Å²) in [5.74, 6) is -0.444. The summed E-state index contributed by atoms with van der Waals surface area (Å²) < 4.78 is 10.2. The topological polar surface area (TPSA) is 105 Å². The maximum Gasteiger partial charge on any atom is 0.352 e. The van der Waals surface area contributed by atoms with E-state index in [0.29, 0.717) is 47.9 Å². The Labute approximate surface area is 300 Å². The average molecular weight is 713 g/mol. The Bertz CT molecular complexity index is 2360. The second kappa shape index (κ2) is 12.5. The molecule has 0 aliphatic carbocycles. The molecule has 0 radical (unpaired) electrons. The van der Waals surface area contributed by atoms with Crippen LogP contribution in [0.25, 0.3) is 32.9 Å². The highest BCUT2D eigenvalue weighted by Crippen LogP contribution is 2.46. The molecule has 9 nitrogen and oxygen atoms in total. The number of nitrogens with one attached hydrogen (secondary N) is 1. The Morgan fingerprint density at radius 1 is 1.02 bits per heavy atom. The third-order valence-corrected chi connectivity index (χ3v) is 10.9. The molecule has 258 valence electrons. The van der Waals surface area contributed by atoms with E-state index < -0.39 is 5.97 Å².